The topological polar surface area (TPSA) is 66.5 Å². The summed E-state index contributed by atoms with van der Waals surface area (Å²) in [5, 5.41) is 0.455. The molecule has 0 aliphatic heterocycles. The standard InChI is InChI=1S/C23H30N2O3S2/c1-4-25(5-2)16-10-12-18-11-6-9-15-21(18)30(27,28)24-23-22(17(3)26)19-13-7-8-14-20(19)29-23/h6,9-12,15,24H,4-5,7-8,13-14,16H2,1-3H3/b12-10-. The minimum atomic E-state index is -3.82. The van der Waals surface area contributed by atoms with E-state index in [4.69, 9.17) is 0 Å². The van der Waals surface area contributed by atoms with E-state index in [2.05, 4.69) is 23.5 Å². The second kappa shape index (κ2) is 9.90. The third-order valence-electron chi connectivity index (χ3n) is 5.51. The average Bonchev–Trinajstić information content (AvgIpc) is 3.08. The van der Waals surface area contributed by atoms with Gasteiger partial charge in [-0.25, -0.2) is 8.42 Å². The van der Waals surface area contributed by atoms with E-state index in [-0.39, 0.29) is 10.7 Å². The number of fused-ring (bicyclic) bond motifs is 1. The number of nitrogens with zero attached hydrogens (tertiary/aromatic N) is 1. The number of anilines is 1. The zero-order valence-corrected chi connectivity index (χ0v) is 19.5. The van der Waals surface area contributed by atoms with Crippen LogP contribution in [0.1, 0.15) is 60.0 Å². The molecule has 0 atom stereocenters. The average molecular weight is 447 g/mol. The van der Waals surface area contributed by atoms with Crippen LogP contribution in [0.15, 0.2) is 35.2 Å². The number of hydrogen-bond donors (Lipinski definition) is 1. The van der Waals surface area contributed by atoms with E-state index < -0.39 is 10.0 Å². The molecule has 1 aromatic heterocycles. The highest BCUT2D eigenvalue weighted by Crippen LogP contribution is 2.39. The molecule has 1 heterocycles. The zero-order valence-electron chi connectivity index (χ0n) is 17.9. The van der Waals surface area contributed by atoms with Crippen molar-refractivity contribution in [3.05, 3.63) is 51.9 Å². The van der Waals surface area contributed by atoms with Crippen LogP contribution in [0.25, 0.3) is 6.08 Å². The van der Waals surface area contributed by atoms with Crippen LogP contribution < -0.4 is 4.72 Å². The summed E-state index contributed by atoms with van der Waals surface area (Å²) < 4.78 is 29.2. The molecule has 162 valence electrons. The number of aryl methyl sites for hydroxylation is 1. The van der Waals surface area contributed by atoms with Crippen LogP contribution in [0.3, 0.4) is 0 Å². The van der Waals surface area contributed by atoms with Crippen molar-refractivity contribution in [3.63, 3.8) is 0 Å². The van der Waals surface area contributed by atoms with E-state index in [1.165, 1.54) is 18.3 Å². The molecule has 0 amide bonds. The van der Waals surface area contributed by atoms with E-state index >= 15 is 0 Å². The summed E-state index contributed by atoms with van der Waals surface area (Å²) >= 11 is 1.41. The van der Waals surface area contributed by atoms with Crippen LogP contribution >= 0.6 is 11.3 Å². The van der Waals surface area contributed by atoms with E-state index in [9.17, 15) is 13.2 Å². The molecule has 2 aromatic rings. The molecule has 0 saturated heterocycles. The molecule has 0 radical (unpaired) electrons. The fourth-order valence-corrected chi connectivity index (χ4v) is 6.71. The Labute approximate surface area is 183 Å². The third-order valence-corrected chi connectivity index (χ3v) is 8.27. The Morgan fingerprint density at radius 3 is 2.57 bits per heavy atom. The van der Waals surface area contributed by atoms with Gasteiger partial charge in [-0.3, -0.25) is 9.52 Å². The van der Waals surface area contributed by atoms with E-state index in [1.807, 2.05) is 18.2 Å². The molecule has 3 rings (SSSR count). The monoisotopic (exact) mass is 446 g/mol. The summed E-state index contributed by atoms with van der Waals surface area (Å²) in [6.07, 6.45) is 7.72. The number of likely N-dealkylation sites (N-methyl/N-ethyl adjacent to an activating group) is 1. The summed E-state index contributed by atoms with van der Waals surface area (Å²) in [5.74, 6) is -0.0838. The first-order chi connectivity index (χ1) is 14.4. The number of benzene rings is 1. The predicted molar refractivity (Wildman–Crippen MR) is 125 cm³/mol. The third kappa shape index (κ3) is 5.02. The Balaban J connectivity index is 1.91. The van der Waals surface area contributed by atoms with E-state index in [1.54, 1.807) is 18.2 Å². The van der Waals surface area contributed by atoms with Gasteiger partial charge >= 0.3 is 0 Å². The highest BCUT2D eigenvalue weighted by molar-refractivity contribution is 7.93. The summed E-state index contributed by atoms with van der Waals surface area (Å²) in [4.78, 5) is 15.9. The van der Waals surface area contributed by atoms with Gasteiger partial charge in [-0.05, 0) is 62.9 Å². The van der Waals surface area contributed by atoms with Crippen molar-refractivity contribution in [2.75, 3.05) is 24.4 Å². The van der Waals surface area contributed by atoms with Gasteiger partial charge in [0.1, 0.15) is 5.00 Å². The Morgan fingerprint density at radius 1 is 1.17 bits per heavy atom. The van der Waals surface area contributed by atoms with Gasteiger partial charge in [0, 0.05) is 11.4 Å². The van der Waals surface area contributed by atoms with Crippen molar-refractivity contribution in [2.24, 2.45) is 0 Å². The molecule has 1 aromatic carbocycles. The maximum atomic E-state index is 13.3. The molecule has 0 fully saturated rings. The maximum Gasteiger partial charge on any atom is 0.263 e. The molecule has 0 spiro atoms. The molecule has 0 bridgehead atoms. The van der Waals surface area contributed by atoms with Crippen molar-refractivity contribution in [1.82, 2.24) is 4.90 Å². The largest absolute Gasteiger partial charge is 0.300 e. The lowest BCUT2D eigenvalue weighted by Crippen LogP contribution is -2.22. The van der Waals surface area contributed by atoms with Gasteiger partial charge in [0.2, 0.25) is 0 Å². The molecule has 0 saturated carbocycles. The number of nitrogens with one attached hydrogen (secondary N) is 1. The highest BCUT2D eigenvalue weighted by atomic mass is 32.2. The van der Waals surface area contributed by atoms with Gasteiger partial charge in [-0.2, -0.15) is 0 Å². The Kier molecular flexibility index (Phi) is 7.50. The first-order valence-corrected chi connectivity index (χ1v) is 12.8. The van der Waals surface area contributed by atoms with Gasteiger partial charge in [0.15, 0.2) is 5.78 Å². The smallest absolute Gasteiger partial charge is 0.263 e. The van der Waals surface area contributed by atoms with E-state index in [0.717, 1.165) is 55.8 Å². The molecule has 7 heteroatoms. The van der Waals surface area contributed by atoms with Gasteiger partial charge in [-0.15, -0.1) is 11.3 Å². The number of Topliss-reactive ketones (excluding diaryl/α,β-unsaturated/α-hetero) is 1. The molecular formula is C23H30N2O3S2. The normalized spacial score (nSPS) is 14.3. The van der Waals surface area contributed by atoms with Gasteiger partial charge in [0.25, 0.3) is 10.0 Å². The molecule has 1 aliphatic rings. The highest BCUT2D eigenvalue weighted by Gasteiger charge is 2.27. The van der Waals surface area contributed by atoms with Crippen molar-refractivity contribution < 1.29 is 13.2 Å². The van der Waals surface area contributed by atoms with Gasteiger partial charge in [0.05, 0.1) is 10.5 Å². The SMILES string of the molecule is CCN(CC)C/C=C\c1ccccc1S(=O)(=O)Nc1sc2c(c1C(C)=O)CCCC2. The van der Waals surface area contributed by atoms with Crippen molar-refractivity contribution in [3.8, 4) is 0 Å². The molecule has 0 unspecified atom stereocenters. The van der Waals surface area contributed by atoms with Crippen LogP contribution in [0, 0.1) is 0 Å². The zero-order chi connectivity index (χ0) is 21.7. The predicted octanol–water partition coefficient (Wildman–Crippen LogP) is 4.99. The van der Waals surface area contributed by atoms with Crippen LogP contribution in [-0.2, 0) is 22.9 Å². The Morgan fingerprint density at radius 2 is 1.87 bits per heavy atom. The first kappa shape index (κ1) is 22.7. The molecule has 1 aliphatic carbocycles. The fraction of sp³-hybridized carbons (Fsp3) is 0.435. The minimum Gasteiger partial charge on any atom is -0.300 e. The number of thiophene rings is 1. The Hall–Kier alpha value is -1.96. The lowest BCUT2D eigenvalue weighted by molar-refractivity contribution is 0.101. The lowest BCUT2D eigenvalue weighted by Gasteiger charge is -2.15. The fourth-order valence-electron chi connectivity index (χ4n) is 3.86. The van der Waals surface area contributed by atoms with Crippen LogP contribution in [-0.4, -0.2) is 38.7 Å². The summed E-state index contributed by atoms with van der Waals surface area (Å²) in [6, 6.07) is 6.97. The van der Waals surface area contributed by atoms with Crippen LogP contribution in [0.4, 0.5) is 5.00 Å². The van der Waals surface area contributed by atoms with Crippen molar-refractivity contribution >= 4 is 38.2 Å². The molecule has 5 nitrogen and oxygen atoms in total. The lowest BCUT2D eigenvalue weighted by atomic mass is 9.94. The second-order valence-electron chi connectivity index (χ2n) is 7.50. The maximum absolute atomic E-state index is 13.3. The van der Waals surface area contributed by atoms with Crippen molar-refractivity contribution in [1.29, 1.82) is 0 Å². The second-order valence-corrected chi connectivity index (χ2v) is 10.3. The first-order valence-electron chi connectivity index (χ1n) is 10.5. The number of sulfonamides is 1. The number of hydrogen-bond acceptors (Lipinski definition) is 5. The summed E-state index contributed by atoms with van der Waals surface area (Å²) in [7, 11) is -3.82. The number of carbonyl (C=O) groups excluding carboxylic acids is 1. The molecule has 30 heavy (non-hydrogen) atoms. The van der Waals surface area contributed by atoms with Crippen LogP contribution in [0.5, 0.6) is 0 Å². The van der Waals surface area contributed by atoms with Gasteiger partial charge < -0.3 is 4.90 Å². The quantitative estimate of drug-likeness (QED) is 0.551. The molecular weight excluding hydrogens is 416 g/mol. The van der Waals surface area contributed by atoms with Crippen molar-refractivity contribution in [2.45, 2.75) is 51.3 Å². The number of carbonyl (C=O) groups is 1. The summed E-state index contributed by atoms with van der Waals surface area (Å²) in [6.45, 7) is 8.37. The van der Waals surface area contributed by atoms with Gasteiger partial charge in [-0.1, -0.05) is 44.2 Å². The minimum absolute atomic E-state index is 0.0838. The number of ketones is 1. The molecule has 1 N–H and O–H groups in total. The van der Waals surface area contributed by atoms with Crippen LogP contribution in [0.2, 0.25) is 0 Å². The Bertz CT molecular complexity index is 1030. The number of rotatable bonds is 9. The van der Waals surface area contributed by atoms with E-state index in [0.29, 0.717) is 16.1 Å². The summed E-state index contributed by atoms with van der Waals surface area (Å²) in [5.41, 5.74) is 2.22.